The molecule has 0 aliphatic carbocycles. The first-order valence-corrected chi connectivity index (χ1v) is 8.02. The second-order valence-electron chi connectivity index (χ2n) is 5.56. The smallest absolute Gasteiger partial charge is 0.408 e. The third kappa shape index (κ3) is 7.31. The summed E-state index contributed by atoms with van der Waals surface area (Å²) in [6, 6.07) is 4.89. The van der Waals surface area contributed by atoms with Crippen molar-refractivity contribution in [1.29, 1.82) is 0 Å². The molecule has 0 aromatic carbocycles. The van der Waals surface area contributed by atoms with Crippen molar-refractivity contribution in [2.75, 3.05) is 12.9 Å². The van der Waals surface area contributed by atoms with Crippen LogP contribution >= 0.6 is 11.8 Å². The summed E-state index contributed by atoms with van der Waals surface area (Å²) in [5.74, 6) is 0.520. The van der Waals surface area contributed by atoms with Crippen LogP contribution in [0.4, 0.5) is 4.79 Å². The lowest BCUT2D eigenvalue weighted by Crippen LogP contribution is -2.45. The van der Waals surface area contributed by atoms with Gasteiger partial charge in [-0.3, -0.25) is 4.98 Å². The van der Waals surface area contributed by atoms with Crippen LogP contribution < -0.4 is 5.32 Å². The molecule has 1 rings (SSSR count). The summed E-state index contributed by atoms with van der Waals surface area (Å²) in [5, 5.41) is 2.53. The van der Waals surface area contributed by atoms with Crippen LogP contribution in [0.1, 0.15) is 26.5 Å². The van der Waals surface area contributed by atoms with Crippen molar-refractivity contribution in [3.63, 3.8) is 0 Å². The van der Waals surface area contributed by atoms with Gasteiger partial charge in [-0.25, -0.2) is 9.59 Å². The highest BCUT2D eigenvalue weighted by molar-refractivity contribution is 7.98. The highest BCUT2D eigenvalue weighted by Crippen LogP contribution is 2.12. The van der Waals surface area contributed by atoms with E-state index < -0.39 is 23.7 Å². The largest absolute Gasteiger partial charge is 0.467 e. The molecule has 0 aliphatic heterocycles. The summed E-state index contributed by atoms with van der Waals surface area (Å²) < 4.78 is 9.86. The van der Waals surface area contributed by atoms with Gasteiger partial charge in [-0.15, -0.1) is 0 Å². The molecule has 0 saturated carbocycles. The summed E-state index contributed by atoms with van der Waals surface area (Å²) in [7, 11) is 1.29. The lowest BCUT2D eigenvalue weighted by atomic mass is 10.2. The van der Waals surface area contributed by atoms with Crippen molar-refractivity contribution >= 4 is 23.8 Å². The number of alkyl carbamates (subject to hydrolysis) is 1. The number of hydrogen-bond donors (Lipinski definition) is 1. The van der Waals surface area contributed by atoms with Crippen LogP contribution in [0.25, 0.3) is 0 Å². The average Bonchev–Trinajstić information content (AvgIpc) is 2.44. The van der Waals surface area contributed by atoms with E-state index in [1.165, 1.54) is 18.9 Å². The lowest BCUT2D eigenvalue weighted by Gasteiger charge is -2.22. The standard InChI is InChI=1S/C15H22N2O4S/c1-15(2,3)21-14(19)17-12(13(18)20-4)10-22-9-11-7-5-6-8-16-11/h5-8,12H,9-10H2,1-4H3,(H,17,19). The number of nitrogens with one attached hydrogen (secondary N) is 1. The fourth-order valence-electron chi connectivity index (χ4n) is 1.53. The van der Waals surface area contributed by atoms with Gasteiger partial charge in [0.25, 0.3) is 0 Å². The van der Waals surface area contributed by atoms with Gasteiger partial charge in [0.05, 0.1) is 12.8 Å². The molecule has 0 saturated heterocycles. The summed E-state index contributed by atoms with van der Waals surface area (Å²) in [6.07, 6.45) is 1.08. The van der Waals surface area contributed by atoms with Gasteiger partial charge in [0, 0.05) is 17.7 Å². The molecule has 1 aromatic rings. The zero-order chi connectivity index (χ0) is 16.6. The molecule has 1 aromatic heterocycles. The third-order valence-electron chi connectivity index (χ3n) is 2.44. The van der Waals surface area contributed by atoms with E-state index in [0.29, 0.717) is 11.5 Å². The normalized spacial score (nSPS) is 12.4. The fraction of sp³-hybridized carbons (Fsp3) is 0.533. The topological polar surface area (TPSA) is 77.5 Å². The summed E-state index contributed by atoms with van der Waals surface area (Å²) >= 11 is 1.48. The number of carbonyl (C=O) groups excluding carboxylic acids is 2. The van der Waals surface area contributed by atoms with Crippen molar-refractivity contribution in [2.45, 2.75) is 38.2 Å². The van der Waals surface area contributed by atoms with Crippen LogP contribution in [0.3, 0.4) is 0 Å². The zero-order valence-electron chi connectivity index (χ0n) is 13.3. The van der Waals surface area contributed by atoms with Crippen molar-refractivity contribution < 1.29 is 19.1 Å². The number of thioether (sulfide) groups is 1. The van der Waals surface area contributed by atoms with E-state index in [4.69, 9.17) is 9.47 Å². The Morgan fingerprint density at radius 1 is 1.36 bits per heavy atom. The first kappa shape index (κ1) is 18.3. The maximum Gasteiger partial charge on any atom is 0.408 e. The predicted octanol–water partition coefficient (Wildman–Crippen LogP) is 2.38. The number of aromatic nitrogens is 1. The maximum atomic E-state index is 11.8. The summed E-state index contributed by atoms with van der Waals surface area (Å²) in [4.78, 5) is 27.7. The number of carbonyl (C=O) groups is 2. The van der Waals surface area contributed by atoms with Gasteiger partial charge < -0.3 is 14.8 Å². The van der Waals surface area contributed by atoms with Gasteiger partial charge in [0.15, 0.2) is 0 Å². The second kappa shape index (κ2) is 8.63. The van der Waals surface area contributed by atoms with E-state index in [0.717, 1.165) is 5.69 Å². The molecule has 1 heterocycles. The Hall–Kier alpha value is -1.76. The number of pyridine rings is 1. The van der Waals surface area contributed by atoms with Crippen molar-refractivity contribution in [3.8, 4) is 0 Å². The minimum atomic E-state index is -0.756. The van der Waals surface area contributed by atoms with Crippen LogP contribution in [0.15, 0.2) is 24.4 Å². The van der Waals surface area contributed by atoms with Crippen LogP contribution in [0.5, 0.6) is 0 Å². The van der Waals surface area contributed by atoms with Gasteiger partial charge >= 0.3 is 12.1 Å². The van der Waals surface area contributed by atoms with Gasteiger partial charge in [-0.2, -0.15) is 11.8 Å². The molecule has 0 radical (unpaired) electrons. The monoisotopic (exact) mass is 326 g/mol. The van der Waals surface area contributed by atoms with Gasteiger partial charge in [0.1, 0.15) is 11.6 Å². The van der Waals surface area contributed by atoms with Crippen LogP contribution in [-0.2, 0) is 20.0 Å². The number of nitrogens with zero attached hydrogens (tertiary/aromatic N) is 1. The van der Waals surface area contributed by atoms with E-state index in [-0.39, 0.29) is 0 Å². The molecular weight excluding hydrogens is 304 g/mol. The number of amides is 1. The minimum Gasteiger partial charge on any atom is -0.467 e. The Bertz CT molecular complexity index is 488. The quantitative estimate of drug-likeness (QED) is 0.809. The number of esters is 1. The molecule has 1 N–H and O–H groups in total. The number of methoxy groups -OCH3 is 1. The van der Waals surface area contributed by atoms with E-state index in [9.17, 15) is 9.59 Å². The molecule has 0 bridgehead atoms. The molecule has 0 fully saturated rings. The molecule has 1 unspecified atom stereocenters. The molecule has 0 aliphatic rings. The Kier molecular flexibility index (Phi) is 7.17. The molecule has 1 atom stereocenters. The SMILES string of the molecule is COC(=O)C(CSCc1ccccn1)NC(=O)OC(C)(C)C. The van der Waals surface area contributed by atoms with Gasteiger partial charge in [-0.1, -0.05) is 6.07 Å². The summed E-state index contributed by atoms with van der Waals surface area (Å²) in [6.45, 7) is 5.28. The molecule has 0 spiro atoms. The van der Waals surface area contributed by atoms with Gasteiger partial charge in [-0.05, 0) is 32.9 Å². The van der Waals surface area contributed by atoms with Crippen molar-refractivity contribution in [1.82, 2.24) is 10.3 Å². The maximum absolute atomic E-state index is 11.8. The molecule has 6 nitrogen and oxygen atoms in total. The van der Waals surface area contributed by atoms with Gasteiger partial charge in [0.2, 0.25) is 0 Å². The second-order valence-corrected chi connectivity index (χ2v) is 6.59. The Labute approximate surface area is 135 Å². The van der Waals surface area contributed by atoms with E-state index in [1.54, 1.807) is 27.0 Å². The molecule has 122 valence electrons. The van der Waals surface area contributed by atoms with Crippen LogP contribution in [0.2, 0.25) is 0 Å². The zero-order valence-corrected chi connectivity index (χ0v) is 14.1. The fourth-order valence-corrected chi connectivity index (χ4v) is 2.48. The number of rotatable bonds is 6. The molecule has 1 amide bonds. The Morgan fingerprint density at radius 3 is 2.64 bits per heavy atom. The first-order chi connectivity index (χ1) is 10.3. The predicted molar refractivity (Wildman–Crippen MR) is 85.6 cm³/mol. The highest BCUT2D eigenvalue weighted by Gasteiger charge is 2.24. The lowest BCUT2D eigenvalue weighted by molar-refractivity contribution is -0.142. The minimum absolute atomic E-state index is 0.377. The molecular formula is C15H22N2O4S. The molecule has 22 heavy (non-hydrogen) atoms. The third-order valence-corrected chi connectivity index (χ3v) is 3.51. The number of hydrogen-bond acceptors (Lipinski definition) is 6. The summed E-state index contributed by atoms with van der Waals surface area (Å²) in [5.41, 5.74) is 0.291. The van der Waals surface area contributed by atoms with E-state index >= 15 is 0 Å². The first-order valence-electron chi connectivity index (χ1n) is 6.87. The molecule has 7 heteroatoms. The Morgan fingerprint density at radius 2 is 2.09 bits per heavy atom. The van der Waals surface area contributed by atoms with Crippen molar-refractivity contribution in [2.24, 2.45) is 0 Å². The van der Waals surface area contributed by atoms with E-state index in [1.807, 2.05) is 18.2 Å². The van der Waals surface area contributed by atoms with Crippen LogP contribution in [-0.4, -0.2) is 41.6 Å². The average molecular weight is 326 g/mol. The Balaban J connectivity index is 2.50. The number of ether oxygens (including phenoxy) is 2. The van der Waals surface area contributed by atoms with Crippen molar-refractivity contribution in [3.05, 3.63) is 30.1 Å². The van der Waals surface area contributed by atoms with Crippen LogP contribution in [0, 0.1) is 0 Å². The van der Waals surface area contributed by atoms with E-state index in [2.05, 4.69) is 10.3 Å². The highest BCUT2D eigenvalue weighted by atomic mass is 32.2.